The number of benzene rings is 2. The Hall–Kier alpha value is -1.12. The summed E-state index contributed by atoms with van der Waals surface area (Å²) in [6.45, 7) is 6.37. The van der Waals surface area contributed by atoms with Crippen molar-refractivity contribution in [3.8, 4) is 0 Å². The summed E-state index contributed by atoms with van der Waals surface area (Å²) in [5, 5.41) is 0. The highest BCUT2D eigenvalue weighted by Gasteiger charge is 2.10. The van der Waals surface area contributed by atoms with Crippen LogP contribution < -0.4 is 5.73 Å². The van der Waals surface area contributed by atoms with Gasteiger partial charge in [0.2, 0.25) is 0 Å². The normalized spacial score (nSPS) is 12.5. The van der Waals surface area contributed by atoms with Gasteiger partial charge in [-0.15, -0.1) is 0 Å². The van der Waals surface area contributed by atoms with E-state index in [1.807, 2.05) is 0 Å². The summed E-state index contributed by atoms with van der Waals surface area (Å²) >= 11 is 3.53. The molecule has 2 aromatic carbocycles. The van der Waals surface area contributed by atoms with Crippen LogP contribution in [0.5, 0.6) is 0 Å². The van der Waals surface area contributed by atoms with Crippen LogP contribution in [0.15, 0.2) is 40.9 Å². The van der Waals surface area contributed by atoms with Crippen molar-refractivity contribution in [3.63, 3.8) is 0 Å². The summed E-state index contributed by atoms with van der Waals surface area (Å²) in [6, 6.07) is 13.0. The monoisotopic (exact) mass is 317 g/mol. The van der Waals surface area contributed by atoms with Crippen molar-refractivity contribution in [2.75, 3.05) is 0 Å². The minimum absolute atomic E-state index is 0.0484. The maximum atomic E-state index is 6.35. The molecule has 1 atom stereocenters. The second kappa shape index (κ2) is 5.89. The van der Waals surface area contributed by atoms with Crippen molar-refractivity contribution in [2.24, 2.45) is 5.73 Å². The van der Waals surface area contributed by atoms with E-state index in [1.54, 1.807) is 0 Å². The molecular weight excluding hydrogens is 298 g/mol. The zero-order valence-electron chi connectivity index (χ0n) is 11.7. The summed E-state index contributed by atoms with van der Waals surface area (Å²) in [6.07, 6.45) is 0.884. The number of halogens is 1. The number of hydrogen-bond acceptors (Lipinski definition) is 1. The van der Waals surface area contributed by atoms with Crippen LogP contribution in [0.2, 0.25) is 0 Å². The van der Waals surface area contributed by atoms with E-state index in [2.05, 4.69) is 73.1 Å². The molecule has 0 fully saturated rings. The van der Waals surface area contributed by atoms with Crippen LogP contribution in [0.1, 0.15) is 33.9 Å². The van der Waals surface area contributed by atoms with Crippen LogP contribution in [0, 0.1) is 20.8 Å². The molecule has 0 saturated carbocycles. The molecule has 0 aliphatic heterocycles. The molecule has 1 nitrogen and oxygen atoms in total. The fourth-order valence-electron chi connectivity index (χ4n) is 2.27. The van der Waals surface area contributed by atoms with Gasteiger partial charge in [-0.3, -0.25) is 0 Å². The molecule has 0 aliphatic carbocycles. The van der Waals surface area contributed by atoms with Gasteiger partial charge in [-0.05, 0) is 55.5 Å². The van der Waals surface area contributed by atoms with Crippen molar-refractivity contribution in [1.82, 2.24) is 0 Å². The van der Waals surface area contributed by atoms with Gasteiger partial charge in [-0.2, -0.15) is 0 Å². The van der Waals surface area contributed by atoms with Crippen LogP contribution in [-0.4, -0.2) is 0 Å². The molecule has 2 aromatic rings. The molecule has 0 heterocycles. The Morgan fingerprint density at radius 2 is 1.74 bits per heavy atom. The average molecular weight is 318 g/mol. The van der Waals surface area contributed by atoms with Crippen molar-refractivity contribution in [2.45, 2.75) is 33.2 Å². The lowest BCUT2D eigenvalue weighted by atomic mass is 9.95. The van der Waals surface area contributed by atoms with Gasteiger partial charge in [-0.25, -0.2) is 0 Å². The van der Waals surface area contributed by atoms with Crippen LogP contribution >= 0.6 is 15.9 Å². The van der Waals surface area contributed by atoms with Gasteiger partial charge >= 0.3 is 0 Å². The first-order valence-electron chi connectivity index (χ1n) is 6.55. The van der Waals surface area contributed by atoms with Crippen LogP contribution in [-0.2, 0) is 6.42 Å². The summed E-state index contributed by atoms with van der Waals surface area (Å²) in [5.41, 5.74) is 12.7. The van der Waals surface area contributed by atoms with E-state index in [0.717, 1.165) is 10.9 Å². The third-order valence-electron chi connectivity index (χ3n) is 3.55. The Labute approximate surface area is 124 Å². The minimum atomic E-state index is 0.0484. The van der Waals surface area contributed by atoms with Crippen LogP contribution in [0.3, 0.4) is 0 Å². The van der Waals surface area contributed by atoms with Gasteiger partial charge in [0.25, 0.3) is 0 Å². The summed E-state index contributed by atoms with van der Waals surface area (Å²) in [7, 11) is 0. The lowest BCUT2D eigenvalue weighted by Crippen LogP contribution is -2.14. The number of hydrogen-bond donors (Lipinski definition) is 1. The molecule has 0 spiro atoms. The largest absolute Gasteiger partial charge is 0.324 e. The molecule has 2 rings (SSSR count). The van der Waals surface area contributed by atoms with E-state index in [1.165, 1.54) is 27.8 Å². The zero-order chi connectivity index (χ0) is 14.0. The SMILES string of the molecule is Cc1ccc(C)c(CC(N)c2ccc(Br)c(C)c2)c1. The average Bonchev–Trinajstić information content (AvgIpc) is 2.37. The first-order valence-corrected chi connectivity index (χ1v) is 7.34. The maximum absolute atomic E-state index is 6.35. The Morgan fingerprint density at radius 3 is 2.42 bits per heavy atom. The molecule has 0 amide bonds. The highest BCUT2D eigenvalue weighted by Crippen LogP contribution is 2.23. The molecule has 19 heavy (non-hydrogen) atoms. The molecule has 0 aliphatic rings. The second-order valence-corrected chi connectivity index (χ2v) is 6.10. The first kappa shape index (κ1) is 14.3. The summed E-state index contributed by atoms with van der Waals surface area (Å²) < 4.78 is 1.13. The van der Waals surface area contributed by atoms with Crippen molar-refractivity contribution >= 4 is 15.9 Å². The highest BCUT2D eigenvalue weighted by molar-refractivity contribution is 9.10. The predicted octanol–water partition coefficient (Wildman–Crippen LogP) is 4.62. The molecule has 2 heteroatoms. The number of nitrogens with two attached hydrogens (primary N) is 1. The lowest BCUT2D eigenvalue weighted by Gasteiger charge is -2.15. The lowest BCUT2D eigenvalue weighted by molar-refractivity contribution is 0.717. The topological polar surface area (TPSA) is 26.0 Å². The third-order valence-corrected chi connectivity index (χ3v) is 4.44. The maximum Gasteiger partial charge on any atom is 0.0335 e. The second-order valence-electron chi connectivity index (χ2n) is 5.25. The Kier molecular flexibility index (Phi) is 4.43. The third kappa shape index (κ3) is 3.46. The van der Waals surface area contributed by atoms with Crippen molar-refractivity contribution in [3.05, 3.63) is 68.7 Å². The van der Waals surface area contributed by atoms with E-state index < -0.39 is 0 Å². The molecule has 2 N–H and O–H groups in total. The van der Waals surface area contributed by atoms with E-state index in [-0.39, 0.29) is 6.04 Å². The number of aryl methyl sites for hydroxylation is 3. The summed E-state index contributed by atoms with van der Waals surface area (Å²) in [5.74, 6) is 0. The van der Waals surface area contributed by atoms with E-state index in [9.17, 15) is 0 Å². The Morgan fingerprint density at radius 1 is 1.00 bits per heavy atom. The first-order chi connectivity index (χ1) is 8.97. The van der Waals surface area contributed by atoms with Gasteiger partial charge in [0, 0.05) is 10.5 Å². The molecule has 0 radical (unpaired) electrons. The Balaban J connectivity index is 2.22. The standard InChI is InChI=1S/C17H20BrN/c1-11-4-5-12(2)15(8-11)10-17(19)14-6-7-16(18)13(3)9-14/h4-9,17H,10,19H2,1-3H3. The molecule has 0 aromatic heterocycles. The van der Waals surface area contributed by atoms with Crippen molar-refractivity contribution < 1.29 is 0 Å². The molecule has 0 bridgehead atoms. The Bertz CT molecular complexity index is 590. The predicted molar refractivity (Wildman–Crippen MR) is 85.4 cm³/mol. The molecule has 0 saturated heterocycles. The fraction of sp³-hybridized carbons (Fsp3) is 0.294. The van der Waals surface area contributed by atoms with Crippen LogP contribution in [0.25, 0.3) is 0 Å². The molecular formula is C17H20BrN. The van der Waals surface area contributed by atoms with Crippen molar-refractivity contribution in [1.29, 1.82) is 0 Å². The van der Waals surface area contributed by atoms with E-state index in [4.69, 9.17) is 5.73 Å². The van der Waals surface area contributed by atoms with Gasteiger partial charge in [0.05, 0.1) is 0 Å². The quantitative estimate of drug-likeness (QED) is 0.878. The van der Waals surface area contributed by atoms with Gasteiger partial charge < -0.3 is 5.73 Å². The van der Waals surface area contributed by atoms with Gasteiger partial charge in [-0.1, -0.05) is 51.8 Å². The van der Waals surface area contributed by atoms with Gasteiger partial charge in [0.1, 0.15) is 0 Å². The summed E-state index contributed by atoms with van der Waals surface area (Å²) in [4.78, 5) is 0. The number of rotatable bonds is 3. The zero-order valence-corrected chi connectivity index (χ0v) is 13.3. The highest BCUT2D eigenvalue weighted by atomic mass is 79.9. The molecule has 100 valence electrons. The van der Waals surface area contributed by atoms with E-state index in [0.29, 0.717) is 0 Å². The minimum Gasteiger partial charge on any atom is -0.324 e. The smallest absolute Gasteiger partial charge is 0.0335 e. The van der Waals surface area contributed by atoms with Crippen LogP contribution in [0.4, 0.5) is 0 Å². The van der Waals surface area contributed by atoms with E-state index >= 15 is 0 Å². The van der Waals surface area contributed by atoms with Gasteiger partial charge in [0.15, 0.2) is 0 Å². The fourth-order valence-corrected chi connectivity index (χ4v) is 2.52. The molecule has 1 unspecified atom stereocenters.